The van der Waals surface area contributed by atoms with Crippen LogP contribution in [0.5, 0.6) is 11.5 Å². The lowest BCUT2D eigenvalue weighted by Gasteiger charge is -2.23. The molecule has 1 fully saturated rings. The molecule has 2 aliphatic heterocycles. The van der Waals surface area contributed by atoms with Crippen LogP contribution < -0.4 is 14.8 Å². The number of hydrogen-bond acceptors (Lipinski definition) is 6. The molecule has 0 spiro atoms. The Bertz CT molecular complexity index is 1000. The molecule has 3 heterocycles. The van der Waals surface area contributed by atoms with E-state index in [0.29, 0.717) is 23.6 Å². The Labute approximate surface area is 172 Å². The monoisotopic (exact) mass is 415 g/mol. The van der Waals surface area contributed by atoms with Gasteiger partial charge in [0.15, 0.2) is 11.5 Å². The molecule has 9 heteroatoms. The summed E-state index contributed by atoms with van der Waals surface area (Å²) in [5, 5.41) is 4.68. The molecule has 2 aromatic rings. The summed E-state index contributed by atoms with van der Waals surface area (Å²) < 4.78 is 10.7. The van der Waals surface area contributed by atoms with E-state index in [4.69, 9.17) is 9.47 Å². The van der Waals surface area contributed by atoms with Crippen molar-refractivity contribution in [1.29, 1.82) is 0 Å². The summed E-state index contributed by atoms with van der Waals surface area (Å²) >= 11 is 1.57. The molecule has 0 aliphatic carbocycles. The normalized spacial score (nSPS) is 20.2. The van der Waals surface area contributed by atoms with Crippen molar-refractivity contribution in [2.45, 2.75) is 25.9 Å². The van der Waals surface area contributed by atoms with Crippen LogP contribution in [0.4, 0.5) is 4.79 Å². The molecule has 1 aromatic heterocycles. The number of thiophene rings is 1. The molecule has 4 rings (SSSR count). The maximum absolute atomic E-state index is 13.1. The molecule has 0 radical (unpaired) electrons. The minimum atomic E-state index is -1.28. The Morgan fingerprint density at radius 2 is 2.03 bits per heavy atom. The summed E-state index contributed by atoms with van der Waals surface area (Å²) in [4.78, 5) is 41.8. The van der Waals surface area contributed by atoms with Gasteiger partial charge in [0.25, 0.3) is 5.91 Å². The van der Waals surface area contributed by atoms with E-state index < -0.39 is 17.5 Å². The SMILES string of the molecule is Cc1ccsc1CN(C)C(=O)CN1C(=O)N[C@](C)(c2ccc3c(c2)OCO3)C1=O. The van der Waals surface area contributed by atoms with Crippen molar-refractivity contribution in [3.05, 3.63) is 45.6 Å². The van der Waals surface area contributed by atoms with Crippen LogP contribution in [0.25, 0.3) is 0 Å². The zero-order chi connectivity index (χ0) is 20.8. The van der Waals surface area contributed by atoms with Gasteiger partial charge in [0.1, 0.15) is 12.1 Å². The molecule has 8 nitrogen and oxygen atoms in total. The van der Waals surface area contributed by atoms with Gasteiger partial charge in [0.2, 0.25) is 12.7 Å². The fourth-order valence-electron chi connectivity index (χ4n) is 3.37. The van der Waals surface area contributed by atoms with E-state index in [1.807, 2.05) is 18.4 Å². The lowest BCUT2D eigenvalue weighted by Crippen LogP contribution is -2.43. The first kappa shape index (κ1) is 19.3. The topological polar surface area (TPSA) is 88.2 Å². The number of benzene rings is 1. The lowest BCUT2D eigenvalue weighted by atomic mass is 9.91. The molecule has 1 aromatic carbocycles. The number of likely N-dealkylation sites (N-methyl/N-ethyl adjacent to an activating group) is 1. The van der Waals surface area contributed by atoms with Crippen LogP contribution in [-0.2, 0) is 21.7 Å². The van der Waals surface area contributed by atoms with E-state index >= 15 is 0 Å². The minimum Gasteiger partial charge on any atom is -0.454 e. The Balaban J connectivity index is 1.49. The van der Waals surface area contributed by atoms with Gasteiger partial charge < -0.3 is 19.7 Å². The molecule has 29 heavy (non-hydrogen) atoms. The largest absolute Gasteiger partial charge is 0.454 e. The highest BCUT2D eigenvalue weighted by Crippen LogP contribution is 2.37. The number of urea groups is 1. The molecule has 0 unspecified atom stereocenters. The van der Waals surface area contributed by atoms with Gasteiger partial charge in [-0.05, 0) is 48.6 Å². The van der Waals surface area contributed by atoms with Gasteiger partial charge in [-0.1, -0.05) is 6.07 Å². The predicted molar refractivity (Wildman–Crippen MR) is 106 cm³/mol. The van der Waals surface area contributed by atoms with Crippen LogP contribution in [0.1, 0.15) is 22.9 Å². The van der Waals surface area contributed by atoms with E-state index in [1.165, 1.54) is 4.90 Å². The first-order chi connectivity index (χ1) is 13.8. The van der Waals surface area contributed by atoms with Crippen molar-refractivity contribution in [3.63, 3.8) is 0 Å². The summed E-state index contributed by atoms with van der Waals surface area (Å²) in [6.07, 6.45) is 0. The fraction of sp³-hybridized carbons (Fsp3) is 0.350. The molecule has 152 valence electrons. The van der Waals surface area contributed by atoms with Crippen LogP contribution in [0, 0.1) is 6.92 Å². The Kier molecular flexibility index (Phi) is 4.70. The molecule has 4 amide bonds. The van der Waals surface area contributed by atoms with Crippen molar-refractivity contribution >= 4 is 29.2 Å². The number of hydrogen-bond donors (Lipinski definition) is 1. The van der Waals surface area contributed by atoms with E-state index in [9.17, 15) is 14.4 Å². The highest BCUT2D eigenvalue weighted by Gasteiger charge is 2.50. The predicted octanol–water partition coefficient (Wildman–Crippen LogP) is 2.21. The summed E-state index contributed by atoms with van der Waals surface area (Å²) in [7, 11) is 1.66. The number of nitrogens with zero attached hydrogens (tertiary/aromatic N) is 2. The number of fused-ring (bicyclic) bond motifs is 1. The van der Waals surface area contributed by atoms with Crippen LogP contribution in [0.2, 0.25) is 0 Å². The van der Waals surface area contributed by atoms with Gasteiger partial charge in [-0.25, -0.2) is 4.79 Å². The molecule has 2 aliphatic rings. The van der Waals surface area contributed by atoms with E-state index in [1.54, 1.807) is 43.5 Å². The van der Waals surface area contributed by atoms with E-state index in [2.05, 4.69) is 5.32 Å². The molecular formula is C20H21N3O5S. The summed E-state index contributed by atoms with van der Waals surface area (Å²) in [6.45, 7) is 3.84. The van der Waals surface area contributed by atoms with E-state index in [-0.39, 0.29) is 19.2 Å². The summed E-state index contributed by atoms with van der Waals surface area (Å²) in [5.41, 5.74) is 0.402. The first-order valence-electron chi connectivity index (χ1n) is 9.11. The molecule has 0 saturated carbocycles. The van der Waals surface area contributed by atoms with Gasteiger partial charge in [-0.3, -0.25) is 14.5 Å². The first-order valence-corrected chi connectivity index (χ1v) is 9.99. The molecule has 1 N–H and O–H groups in total. The van der Waals surface area contributed by atoms with Crippen molar-refractivity contribution in [1.82, 2.24) is 15.1 Å². The van der Waals surface area contributed by atoms with Gasteiger partial charge in [-0.2, -0.15) is 0 Å². The van der Waals surface area contributed by atoms with Gasteiger partial charge >= 0.3 is 6.03 Å². The second-order valence-corrected chi connectivity index (χ2v) is 8.29. The summed E-state index contributed by atoms with van der Waals surface area (Å²) in [6, 6.07) is 6.49. The maximum atomic E-state index is 13.1. The second kappa shape index (κ2) is 7.07. The Morgan fingerprint density at radius 1 is 1.28 bits per heavy atom. The van der Waals surface area contributed by atoms with Crippen molar-refractivity contribution in [2.75, 3.05) is 20.4 Å². The van der Waals surface area contributed by atoms with Gasteiger partial charge in [-0.15, -0.1) is 11.3 Å². The Morgan fingerprint density at radius 3 is 2.76 bits per heavy atom. The van der Waals surface area contributed by atoms with Gasteiger partial charge in [0.05, 0.1) is 6.54 Å². The van der Waals surface area contributed by atoms with Gasteiger partial charge in [0, 0.05) is 11.9 Å². The number of nitrogens with one attached hydrogen (secondary N) is 1. The molecular weight excluding hydrogens is 394 g/mol. The third-order valence-corrected chi connectivity index (χ3v) is 6.30. The zero-order valence-corrected chi connectivity index (χ0v) is 17.2. The number of imide groups is 1. The average Bonchev–Trinajstić information content (AvgIpc) is 3.37. The number of rotatable bonds is 5. The molecule has 1 atom stereocenters. The highest BCUT2D eigenvalue weighted by atomic mass is 32.1. The van der Waals surface area contributed by atoms with Crippen LogP contribution in [0.15, 0.2) is 29.6 Å². The number of ether oxygens (including phenoxy) is 2. The number of carbonyl (C=O) groups is 3. The highest BCUT2D eigenvalue weighted by molar-refractivity contribution is 7.10. The van der Waals surface area contributed by atoms with Crippen LogP contribution in [-0.4, -0.2) is 48.0 Å². The van der Waals surface area contributed by atoms with E-state index in [0.717, 1.165) is 15.3 Å². The third-order valence-electron chi connectivity index (χ3n) is 5.29. The quantitative estimate of drug-likeness (QED) is 0.757. The van der Waals surface area contributed by atoms with Crippen LogP contribution in [0.3, 0.4) is 0 Å². The Hall–Kier alpha value is -3.07. The zero-order valence-electron chi connectivity index (χ0n) is 16.4. The van der Waals surface area contributed by atoms with Crippen molar-refractivity contribution in [3.8, 4) is 11.5 Å². The number of carbonyl (C=O) groups excluding carboxylic acids is 3. The number of amides is 4. The summed E-state index contributed by atoms with van der Waals surface area (Å²) in [5.74, 6) is 0.324. The molecule has 0 bridgehead atoms. The smallest absolute Gasteiger partial charge is 0.325 e. The fourth-order valence-corrected chi connectivity index (χ4v) is 4.33. The van der Waals surface area contributed by atoms with Crippen LogP contribution >= 0.6 is 11.3 Å². The maximum Gasteiger partial charge on any atom is 0.325 e. The third kappa shape index (κ3) is 3.31. The standard InChI is InChI=1S/C20H21N3O5S/c1-12-6-7-29-16(12)9-22(3)17(24)10-23-18(25)20(2,21-19(23)26)13-4-5-14-15(8-13)28-11-27-14/h4-8H,9-11H2,1-3H3,(H,21,26)/t20-/m1/s1. The minimum absolute atomic E-state index is 0.118. The average molecular weight is 415 g/mol. The molecule has 1 saturated heterocycles. The van der Waals surface area contributed by atoms with Crippen molar-refractivity contribution in [2.24, 2.45) is 0 Å². The van der Waals surface area contributed by atoms with Crippen molar-refractivity contribution < 1.29 is 23.9 Å². The lowest BCUT2D eigenvalue weighted by molar-refractivity contribution is -0.138. The second-order valence-electron chi connectivity index (χ2n) is 7.29. The number of aryl methyl sites for hydroxylation is 1.